The molecule has 2 N–H and O–H groups in total. The Morgan fingerprint density at radius 3 is 2.85 bits per heavy atom. The first-order valence-corrected chi connectivity index (χ1v) is 8.92. The number of likely N-dealkylation sites (tertiary alicyclic amines) is 1. The Kier molecular flexibility index (Phi) is 4.42. The lowest BCUT2D eigenvalue weighted by Gasteiger charge is -2.35. The van der Waals surface area contributed by atoms with Gasteiger partial charge in [0, 0.05) is 38.5 Å². The number of fused-ring (bicyclic) bond motifs is 1. The minimum absolute atomic E-state index is 0.00184. The third kappa shape index (κ3) is 3.32. The molecule has 4 heterocycles. The maximum atomic E-state index is 11.2. The summed E-state index contributed by atoms with van der Waals surface area (Å²) in [6, 6.07) is 0.271. The number of hydrogen-bond donors (Lipinski definition) is 2. The van der Waals surface area contributed by atoms with Crippen LogP contribution in [0.15, 0.2) is 35.9 Å². The van der Waals surface area contributed by atoms with Crippen molar-refractivity contribution in [3.05, 3.63) is 42.3 Å². The zero-order valence-corrected chi connectivity index (χ0v) is 15.0. The first-order chi connectivity index (χ1) is 12.6. The molecule has 1 amide bonds. The second-order valence-electron chi connectivity index (χ2n) is 6.81. The van der Waals surface area contributed by atoms with Crippen LogP contribution in [0.1, 0.15) is 31.2 Å². The van der Waals surface area contributed by atoms with Crippen molar-refractivity contribution in [1.29, 1.82) is 0 Å². The Morgan fingerprint density at radius 1 is 1.27 bits per heavy atom. The molecule has 136 valence electrons. The Hall–Kier alpha value is -2.74. The number of aryl methyl sites for hydroxylation is 1. The van der Waals surface area contributed by atoms with Crippen molar-refractivity contribution in [2.75, 3.05) is 13.1 Å². The topological polar surface area (TPSA) is 86.9 Å². The number of carbonyl (C=O) groups excluding carboxylic acids is 1. The van der Waals surface area contributed by atoms with Crippen LogP contribution in [0.5, 0.6) is 0 Å². The van der Waals surface area contributed by atoms with Gasteiger partial charge < -0.3 is 10.6 Å². The van der Waals surface area contributed by atoms with Gasteiger partial charge in [0.1, 0.15) is 11.9 Å². The van der Waals surface area contributed by atoms with Crippen LogP contribution in [-0.2, 0) is 4.79 Å². The van der Waals surface area contributed by atoms with Crippen LogP contribution in [0.2, 0.25) is 0 Å². The number of amides is 1. The van der Waals surface area contributed by atoms with E-state index >= 15 is 0 Å². The molecule has 4 rings (SSSR count). The monoisotopic (exact) mass is 353 g/mol. The molecule has 0 spiro atoms. The summed E-state index contributed by atoms with van der Waals surface area (Å²) in [5.41, 5.74) is 2.66. The second-order valence-corrected chi connectivity index (χ2v) is 6.81. The van der Waals surface area contributed by atoms with Gasteiger partial charge >= 0.3 is 0 Å². The molecule has 0 aliphatic carbocycles. The average Bonchev–Trinajstić information content (AvgIpc) is 3.05. The lowest BCUT2D eigenvalue weighted by Crippen LogP contribution is -2.47. The van der Waals surface area contributed by atoms with Crippen LogP contribution in [0.4, 0.5) is 0 Å². The van der Waals surface area contributed by atoms with Crippen LogP contribution < -0.4 is 10.6 Å². The Morgan fingerprint density at radius 2 is 2.08 bits per heavy atom. The highest BCUT2D eigenvalue weighted by Gasteiger charge is 2.26. The van der Waals surface area contributed by atoms with Crippen molar-refractivity contribution in [3.8, 4) is 0 Å². The largest absolute Gasteiger partial charge is 0.354 e. The van der Waals surface area contributed by atoms with Gasteiger partial charge in [-0.1, -0.05) is 0 Å². The van der Waals surface area contributed by atoms with E-state index in [9.17, 15) is 4.79 Å². The van der Waals surface area contributed by atoms with Crippen molar-refractivity contribution in [3.63, 3.8) is 0 Å². The van der Waals surface area contributed by atoms with Crippen molar-refractivity contribution >= 4 is 17.4 Å². The lowest BCUT2D eigenvalue weighted by atomic mass is 10.0. The molecule has 2 aliphatic rings. The van der Waals surface area contributed by atoms with Gasteiger partial charge in [0.2, 0.25) is 5.91 Å². The standard InChI is InChI=1S/C18H23N7O/c1-12-11-25-15(9-21-17(25)10-20-12)18-19-6-3-16(23-18)24-7-4-14(5-8-24)22-13(2)26/h3,6,9-11,14,16H,4-5,7-8H2,1-2H3,(H,19,23)(H,22,26). The molecular formula is C18H23N7O. The number of amidine groups is 1. The van der Waals surface area contributed by atoms with Crippen molar-refractivity contribution in [1.82, 2.24) is 29.9 Å². The van der Waals surface area contributed by atoms with Crippen LogP contribution in [0.25, 0.3) is 5.65 Å². The maximum absolute atomic E-state index is 11.2. The average molecular weight is 353 g/mol. The van der Waals surface area contributed by atoms with E-state index in [2.05, 4.69) is 31.6 Å². The minimum atomic E-state index is -0.00184. The van der Waals surface area contributed by atoms with Crippen LogP contribution in [0.3, 0.4) is 0 Å². The highest BCUT2D eigenvalue weighted by atomic mass is 16.1. The first-order valence-electron chi connectivity index (χ1n) is 8.92. The van der Waals surface area contributed by atoms with Gasteiger partial charge in [-0.15, -0.1) is 0 Å². The van der Waals surface area contributed by atoms with Gasteiger partial charge in [-0.05, 0) is 25.8 Å². The summed E-state index contributed by atoms with van der Waals surface area (Å²) in [6.07, 6.45) is 11.5. The van der Waals surface area contributed by atoms with Gasteiger partial charge in [0.15, 0.2) is 11.5 Å². The summed E-state index contributed by atoms with van der Waals surface area (Å²) < 4.78 is 2.01. The van der Waals surface area contributed by atoms with E-state index in [0.717, 1.165) is 48.8 Å². The summed E-state index contributed by atoms with van der Waals surface area (Å²) >= 11 is 0. The van der Waals surface area contributed by atoms with Crippen LogP contribution in [-0.4, -0.2) is 56.3 Å². The van der Waals surface area contributed by atoms with Gasteiger partial charge in [0.05, 0.1) is 18.1 Å². The third-order valence-electron chi connectivity index (χ3n) is 4.83. The molecule has 1 fully saturated rings. The number of aliphatic imine (C=N–C) groups is 1. The molecular weight excluding hydrogens is 330 g/mol. The summed E-state index contributed by atoms with van der Waals surface area (Å²) in [5, 5.41) is 6.25. The number of aromatic nitrogens is 3. The number of nitrogens with zero attached hydrogens (tertiary/aromatic N) is 5. The summed E-state index contributed by atoms with van der Waals surface area (Å²) in [4.78, 5) is 27.1. The third-order valence-corrected chi connectivity index (χ3v) is 4.83. The molecule has 0 saturated carbocycles. The number of nitrogens with one attached hydrogen (secondary N) is 2. The zero-order chi connectivity index (χ0) is 18.1. The molecule has 2 aromatic heterocycles. The highest BCUT2D eigenvalue weighted by Crippen LogP contribution is 2.18. The van der Waals surface area contributed by atoms with Gasteiger partial charge in [0.25, 0.3) is 0 Å². The number of hydrogen-bond acceptors (Lipinski definition) is 6. The smallest absolute Gasteiger partial charge is 0.217 e. The molecule has 0 bridgehead atoms. The predicted octanol–water partition coefficient (Wildman–Crippen LogP) is 0.828. The summed E-state index contributed by atoms with van der Waals surface area (Å²) in [5.74, 6) is 0.850. The molecule has 2 aliphatic heterocycles. The molecule has 1 saturated heterocycles. The lowest BCUT2D eigenvalue weighted by molar-refractivity contribution is -0.120. The van der Waals surface area contributed by atoms with Gasteiger partial charge in [-0.2, -0.15) is 0 Å². The minimum Gasteiger partial charge on any atom is -0.354 e. The van der Waals surface area contributed by atoms with Crippen molar-refractivity contribution in [2.45, 2.75) is 38.9 Å². The highest BCUT2D eigenvalue weighted by molar-refractivity contribution is 5.99. The molecule has 0 aromatic carbocycles. The Balaban J connectivity index is 1.51. The normalized spacial score (nSPS) is 21.5. The Labute approximate surface area is 152 Å². The predicted molar refractivity (Wildman–Crippen MR) is 98.7 cm³/mol. The maximum Gasteiger partial charge on any atom is 0.217 e. The zero-order valence-electron chi connectivity index (χ0n) is 15.0. The van der Waals surface area contributed by atoms with E-state index in [-0.39, 0.29) is 18.1 Å². The molecule has 1 atom stereocenters. The van der Waals surface area contributed by atoms with Gasteiger partial charge in [-0.25, -0.2) is 9.98 Å². The van der Waals surface area contributed by atoms with Crippen LogP contribution in [0, 0.1) is 6.92 Å². The molecule has 26 heavy (non-hydrogen) atoms. The molecule has 2 aromatic rings. The molecule has 8 heteroatoms. The molecule has 8 nitrogen and oxygen atoms in total. The number of carbonyl (C=O) groups is 1. The molecule has 1 unspecified atom stereocenters. The first kappa shape index (κ1) is 16.7. The summed E-state index contributed by atoms with van der Waals surface area (Å²) in [7, 11) is 0. The fourth-order valence-corrected chi connectivity index (χ4v) is 3.53. The van der Waals surface area contributed by atoms with Crippen molar-refractivity contribution in [2.24, 2.45) is 4.99 Å². The van der Waals surface area contributed by atoms with Crippen molar-refractivity contribution < 1.29 is 4.79 Å². The second kappa shape index (κ2) is 6.87. The van der Waals surface area contributed by atoms with E-state index in [1.54, 1.807) is 13.1 Å². The number of rotatable bonds is 3. The number of piperidine rings is 1. The quantitative estimate of drug-likeness (QED) is 0.853. The van der Waals surface area contributed by atoms with E-state index < -0.39 is 0 Å². The van der Waals surface area contributed by atoms with E-state index in [0.29, 0.717) is 0 Å². The fourth-order valence-electron chi connectivity index (χ4n) is 3.53. The fraction of sp³-hybridized carbons (Fsp3) is 0.444. The SMILES string of the molecule is CC(=O)NC1CCN(C2C=CNC(c3cnc4cnc(C)cn34)=N2)CC1. The number of imidazole rings is 1. The van der Waals surface area contributed by atoms with Gasteiger partial charge in [-0.3, -0.25) is 19.1 Å². The van der Waals surface area contributed by atoms with E-state index in [1.165, 1.54) is 0 Å². The van der Waals surface area contributed by atoms with E-state index in [4.69, 9.17) is 4.99 Å². The Bertz CT molecular complexity index is 877. The molecule has 0 radical (unpaired) electrons. The van der Waals surface area contributed by atoms with Crippen LogP contribution >= 0.6 is 0 Å². The van der Waals surface area contributed by atoms with E-state index in [1.807, 2.05) is 29.9 Å². The summed E-state index contributed by atoms with van der Waals surface area (Å²) in [6.45, 7) is 5.35.